The number of methoxy groups -OCH3 is 2. The van der Waals surface area contributed by atoms with Crippen LogP contribution in [0.4, 0.5) is 5.69 Å². The summed E-state index contributed by atoms with van der Waals surface area (Å²) in [4.78, 5) is 29.6. The van der Waals surface area contributed by atoms with Crippen LogP contribution >= 0.6 is 0 Å². The molecule has 2 aliphatic heterocycles. The second-order valence-corrected chi connectivity index (χ2v) is 7.73. The molecule has 0 bridgehead atoms. The zero-order chi connectivity index (χ0) is 21.3. The molecule has 3 N–H and O–H groups in total. The number of aromatic nitrogens is 1. The van der Waals surface area contributed by atoms with Crippen LogP contribution in [0.2, 0.25) is 0 Å². The number of ether oxygens (including phenoxy) is 4. The number of aromatic amines is 1. The maximum absolute atomic E-state index is 13.1. The number of fused-ring (bicyclic) bond motifs is 1. The zero-order valence-corrected chi connectivity index (χ0v) is 17.5. The fraction of sp³-hybridized carbons (Fsp3) is 0.524. The third-order valence-corrected chi connectivity index (χ3v) is 6.12. The highest BCUT2D eigenvalue weighted by molar-refractivity contribution is 6.13. The molecule has 1 amide bonds. The molecule has 3 heterocycles. The van der Waals surface area contributed by atoms with Crippen LogP contribution in [0.25, 0.3) is 10.9 Å². The minimum atomic E-state index is -0.556. The number of carbonyl (C=O) groups is 2. The number of amides is 1. The second kappa shape index (κ2) is 8.25. The number of quaternary nitrogens is 1. The van der Waals surface area contributed by atoms with E-state index < -0.39 is 11.8 Å². The van der Waals surface area contributed by atoms with Crippen molar-refractivity contribution >= 4 is 28.5 Å². The van der Waals surface area contributed by atoms with Gasteiger partial charge in [0.2, 0.25) is 0 Å². The minimum Gasteiger partial charge on any atom is -0.496 e. The Balaban J connectivity index is 1.55. The van der Waals surface area contributed by atoms with E-state index >= 15 is 0 Å². The number of hydrogen-bond donors (Lipinski definition) is 3. The van der Waals surface area contributed by atoms with Gasteiger partial charge in [-0.1, -0.05) is 6.07 Å². The zero-order valence-electron chi connectivity index (χ0n) is 17.5. The summed E-state index contributed by atoms with van der Waals surface area (Å²) in [5.74, 6) is -0.642. The highest BCUT2D eigenvalue weighted by Crippen LogP contribution is 2.35. The molecule has 2 aromatic rings. The molecule has 1 spiro atoms. The number of carbonyl (C=O) groups excluding carboxylic acids is 2. The molecule has 9 nitrogen and oxygen atoms in total. The first kappa shape index (κ1) is 20.6. The Kier molecular flexibility index (Phi) is 5.68. The Morgan fingerprint density at radius 1 is 1.20 bits per heavy atom. The molecular formula is C21H28N3O6+. The van der Waals surface area contributed by atoms with Crippen LogP contribution in [0.3, 0.4) is 0 Å². The summed E-state index contributed by atoms with van der Waals surface area (Å²) < 4.78 is 21.9. The Hall–Kier alpha value is -2.62. The first-order valence-electron chi connectivity index (χ1n) is 10.2. The average Bonchev–Trinajstić information content (AvgIpc) is 3.38. The van der Waals surface area contributed by atoms with Crippen molar-refractivity contribution < 1.29 is 33.4 Å². The Morgan fingerprint density at radius 2 is 1.90 bits per heavy atom. The maximum Gasteiger partial charge on any atom is 0.356 e. The molecule has 1 aromatic heterocycles. The molecule has 1 atom stereocenters. The summed E-state index contributed by atoms with van der Waals surface area (Å²) in [6.07, 6.45) is 1.52. The van der Waals surface area contributed by atoms with E-state index in [1.807, 2.05) is 19.1 Å². The molecule has 0 saturated carbocycles. The topological polar surface area (TPSA) is 103 Å². The van der Waals surface area contributed by atoms with E-state index in [4.69, 9.17) is 18.9 Å². The molecule has 2 saturated heterocycles. The van der Waals surface area contributed by atoms with Gasteiger partial charge < -0.3 is 34.1 Å². The Labute approximate surface area is 174 Å². The molecule has 30 heavy (non-hydrogen) atoms. The summed E-state index contributed by atoms with van der Waals surface area (Å²) in [6, 6.07) is 5.11. The lowest BCUT2D eigenvalue weighted by Gasteiger charge is -2.37. The van der Waals surface area contributed by atoms with Crippen molar-refractivity contribution in [1.82, 2.24) is 4.98 Å². The number of anilines is 1. The first-order valence-corrected chi connectivity index (χ1v) is 10.2. The van der Waals surface area contributed by atoms with Gasteiger partial charge in [0.15, 0.2) is 11.8 Å². The van der Waals surface area contributed by atoms with Gasteiger partial charge in [0, 0.05) is 0 Å². The molecule has 0 unspecified atom stereocenters. The molecule has 0 aliphatic carbocycles. The number of likely N-dealkylation sites (tertiary alicyclic amines) is 1. The summed E-state index contributed by atoms with van der Waals surface area (Å²) in [5, 5.41) is 3.59. The van der Waals surface area contributed by atoms with Crippen LogP contribution in [0.15, 0.2) is 18.2 Å². The van der Waals surface area contributed by atoms with Crippen LogP contribution in [0, 0.1) is 0 Å². The van der Waals surface area contributed by atoms with Crippen molar-refractivity contribution in [3.63, 3.8) is 0 Å². The van der Waals surface area contributed by atoms with Crippen LogP contribution < -0.4 is 15.0 Å². The van der Waals surface area contributed by atoms with E-state index in [0.717, 1.165) is 30.8 Å². The number of hydrogen-bond acceptors (Lipinski definition) is 6. The minimum absolute atomic E-state index is 0.175. The standard InChI is InChI=1S/C21H27N3O6/c1-13(24-9-7-21(8-10-24)29-11-12-30-21)19(25)23-17-16-14(5-4-6-15(16)27-2)22-18(17)20(26)28-3/h4-6,13,22H,7-12H2,1-3H3,(H,23,25)/p+1/t13-/m0/s1. The number of H-pyrrole nitrogens is 1. The largest absolute Gasteiger partial charge is 0.496 e. The summed E-state index contributed by atoms with van der Waals surface area (Å²) in [6.45, 7) is 4.70. The molecule has 1 aromatic carbocycles. The number of benzene rings is 1. The number of piperidine rings is 1. The summed E-state index contributed by atoms with van der Waals surface area (Å²) in [7, 11) is 2.86. The van der Waals surface area contributed by atoms with Crippen LogP contribution in [0.5, 0.6) is 5.75 Å². The smallest absolute Gasteiger partial charge is 0.356 e. The van der Waals surface area contributed by atoms with Crippen molar-refractivity contribution in [2.24, 2.45) is 0 Å². The first-order chi connectivity index (χ1) is 14.5. The van der Waals surface area contributed by atoms with Crippen LogP contribution in [-0.2, 0) is 19.0 Å². The van der Waals surface area contributed by atoms with Crippen molar-refractivity contribution in [3.05, 3.63) is 23.9 Å². The van der Waals surface area contributed by atoms with Gasteiger partial charge in [0.05, 0.1) is 70.0 Å². The summed E-state index contributed by atoms with van der Waals surface area (Å²) in [5.41, 5.74) is 1.25. The van der Waals surface area contributed by atoms with Gasteiger partial charge in [0.1, 0.15) is 11.4 Å². The molecule has 2 fully saturated rings. The average molecular weight is 418 g/mol. The van der Waals surface area contributed by atoms with Crippen molar-refractivity contribution in [1.29, 1.82) is 0 Å². The molecular weight excluding hydrogens is 390 g/mol. The molecule has 2 aliphatic rings. The fourth-order valence-corrected chi connectivity index (χ4v) is 4.35. The van der Waals surface area contributed by atoms with Gasteiger partial charge in [-0.25, -0.2) is 4.79 Å². The lowest BCUT2D eigenvalue weighted by atomic mass is 10.0. The highest BCUT2D eigenvalue weighted by Gasteiger charge is 2.43. The number of nitrogens with one attached hydrogen (secondary N) is 3. The second-order valence-electron chi connectivity index (χ2n) is 7.73. The maximum atomic E-state index is 13.1. The van der Waals surface area contributed by atoms with E-state index in [1.165, 1.54) is 7.11 Å². The summed E-state index contributed by atoms with van der Waals surface area (Å²) >= 11 is 0. The Bertz CT molecular complexity index is 940. The molecule has 0 radical (unpaired) electrons. The molecule has 9 heteroatoms. The predicted molar refractivity (Wildman–Crippen MR) is 109 cm³/mol. The third kappa shape index (κ3) is 3.64. The fourth-order valence-electron chi connectivity index (χ4n) is 4.35. The van der Waals surface area contributed by atoms with E-state index in [2.05, 4.69) is 10.3 Å². The van der Waals surface area contributed by atoms with Gasteiger partial charge in [-0.15, -0.1) is 0 Å². The quantitative estimate of drug-likeness (QED) is 0.618. The van der Waals surface area contributed by atoms with Gasteiger partial charge in [0.25, 0.3) is 5.91 Å². The molecule has 162 valence electrons. The van der Waals surface area contributed by atoms with Crippen LogP contribution in [-0.4, -0.2) is 69.2 Å². The van der Waals surface area contributed by atoms with Gasteiger partial charge in [-0.2, -0.15) is 0 Å². The predicted octanol–water partition coefficient (Wildman–Crippen LogP) is 0.712. The normalized spacial score (nSPS) is 19.7. The monoisotopic (exact) mass is 418 g/mol. The number of esters is 1. The van der Waals surface area contributed by atoms with Crippen LogP contribution in [0.1, 0.15) is 30.3 Å². The molecule has 4 rings (SSSR count). The Morgan fingerprint density at radius 3 is 2.53 bits per heavy atom. The van der Waals surface area contributed by atoms with Crippen molar-refractivity contribution in [2.75, 3.05) is 45.8 Å². The lowest BCUT2D eigenvalue weighted by molar-refractivity contribution is -0.922. The van der Waals surface area contributed by atoms with Crippen molar-refractivity contribution in [2.45, 2.75) is 31.6 Å². The van der Waals surface area contributed by atoms with E-state index in [1.54, 1.807) is 13.2 Å². The lowest BCUT2D eigenvalue weighted by Crippen LogP contribution is -3.18. The number of rotatable bonds is 5. The van der Waals surface area contributed by atoms with Gasteiger partial charge in [-0.3, -0.25) is 4.79 Å². The van der Waals surface area contributed by atoms with E-state index in [0.29, 0.717) is 35.6 Å². The third-order valence-electron chi connectivity index (χ3n) is 6.12. The highest BCUT2D eigenvalue weighted by atomic mass is 16.7. The van der Waals surface area contributed by atoms with E-state index in [9.17, 15) is 9.59 Å². The van der Waals surface area contributed by atoms with Crippen molar-refractivity contribution in [3.8, 4) is 5.75 Å². The van der Waals surface area contributed by atoms with E-state index in [-0.39, 0.29) is 17.6 Å². The van der Waals surface area contributed by atoms with Gasteiger partial charge in [-0.05, 0) is 19.1 Å². The SMILES string of the molecule is COC(=O)c1[nH]c2cccc(OC)c2c1NC(=O)[C@H](C)[NH+]1CCC2(CC1)OCCO2. The van der Waals surface area contributed by atoms with Gasteiger partial charge >= 0.3 is 5.97 Å².